The summed E-state index contributed by atoms with van der Waals surface area (Å²) < 4.78 is 51.0. The zero-order valence-corrected chi connectivity index (χ0v) is 19.8. The SMILES string of the molecule is CCCCOCC1(OCCOCCOCCO)COCCOCCOCCOCCOC1. The van der Waals surface area contributed by atoms with Crippen molar-refractivity contribution in [3.8, 4) is 0 Å². The lowest BCUT2D eigenvalue weighted by Crippen LogP contribution is -2.48. The van der Waals surface area contributed by atoms with E-state index in [0.29, 0.717) is 112 Å². The highest BCUT2D eigenvalue weighted by Crippen LogP contribution is 2.15. The highest BCUT2D eigenvalue weighted by Gasteiger charge is 2.33. The molecule has 192 valence electrons. The summed E-state index contributed by atoms with van der Waals surface area (Å²) in [5, 5.41) is 8.71. The average molecular weight is 469 g/mol. The number of aliphatic hydroxyl groups excluding tert-OH is 1. The Hall–Kier alpha value is -0.400. The zero-order chi connectivity index (χ0) is 23.0. The van der Waals surface area contributed by atoms with E-state index in [2.05, 4.69) is 6.92 Å². The van der Waals surface area contributed by atoms with Crippen molar-refractivity contribution in [1.29, 1.82) is 0 Å². The van der Waals surface area contributed by atoms with E-state index in [1.807, 2.05) is 0 Å². The fraction of sp³-hybridized carbons (Fsp3) is 1.00. The van der Waals surface area contributed by atoms with Crippen LogP contribution < -0.4 is 0 Å². The lowest BCUT2D eigenvalue weighted by atomic mass is 10.1. The molecule has 1 rings (SSSR count). The van der Waals surface area contributed by atoms with E-state index in [4.69, 9.17) is 47.7 Å². The van der Waals surface area contributed by atoms with Gasteiger partial charge in [0, 0.05) is 6.61 Å². The predicted octanol–water partition coefficient (Wildman–Crippen LogP) is 0.681. The molecular formula is C22H44O10. The molecule has 0 aromatic heterocycles. The topological polar surface area (TPSA) is 103 Å². The van der Waals surface area contributed by atoms with Crippen LogP contribution in [0, 0.1) is 0 Å². The molecule has 0 spiro atoms. The van der Waals surface area contributed by atoms with Gasteiger partial charge >= 0.3 is 0 Å². The smallest absolute Gasteiger partial charge is 0.138 e. The minimum Gasteiger partial charge on any atom is -0.394 e. The highest BCUT2D eigenvalue weighted by atomic mass is 16.6. The zero-order valence-electron chi connectivity index (χ0n) is 19.8. The van der Waals surface area contributed by atoms with Crippen LogP contribution in [0.15, 0.2) is 0 Å². The summed E-state index contributed by atoms with van der Waals surface area (Å²) in [6.07, 6.45) is 2.05. The molecule has 0 aromatic rings. The Labute approximate surface area is 192 Å². The second-order valence-electron chi connectivity index (χ2n) is 7.33. The van der Waals surface area contributed by atoms with E-state index >= 15 is 0 Å². The first-order chi connectivity index (χ1) is 15.8. The highest BCUT2D eigenvalue weighted by molar-refractivity contribution is 4.81. The van der Waals surface area contributed by atoms with Crippen LogP contribution >= 0.6 is 0 Å². The summed E-state index contributed by atoms with van der Waals surface area (Å²) in [5.41, 5.74) is -0.745. The second kappa shape index (κ2) is 22.4. The van der Waals surface area contributed by atoms with Crippen molar-refractivity contribution in [1.82, 2.24) is 0 Å². The standard InChI is InChI=1S/C22H44O10/c1-2-3-5-29-19-22(32-18-17-28-8-7-24-6-4-23)20-30-15-13-26-11-9-25-10-12-27-14-16-31-21-22/h23H,2-21H2,1H3. The molecule has 1 fully saturated rings. The monoisotopic (exact) mass is 468 g/mol. The molecule has 1 heterocycles. The maximum absolute atomic E-state index is 8.71. The number of hydrogen-bond acceptors (Lipinski definition) is 10. The quantitative estimate of drug-likeness (QED) is 0.366. The Bertz CT molecular complexity index is 370. The first-order valence-electron chi connectivity index (χ1n) is 11.7. The van der Waals surface area contributed by atoms with Gasteiger partial charge in [0.25, 0.3) is 0 Å². The van der Waals surface area contributed by atoms with Crippen LogP contribution in [0.2, 0.25) is 0 Å². The second-order valence-corrected chi connectivity index (χ2v) is 7.33. The molecule has 0 aliphatic carbocycles. The van der Waals surface area contributed by atoms with Crippen LogP contribution in [-0.4, -0.2) is 130 Å². The molecule has 0 unspecified atom stereocenters. The summed E-state index contributed by atoms with van der Waals surface area (Å²) >= 11 is 0. The molecule has 1 aliphatic heterocycles. The maximum atomic E-state index is 8.71. The average Bonchev–Trinajstić information content (AvgIpc) is 2.80. The van der Waals surface area contributed by atoms with Crippen molar-refractivity contribution < 1.29 is 47.7 Å². The van der Waals surface area contributed by atoms with Gasteiger partial charge in [-0.3, -0.25) is 0 Å². The van der Waals surface area contributed by atoms with Crippen LogP contribution in [0.1, 0.15) is 19.8 Å². The van der Waals surface area contributed by atoms with E-state index < -0.39 is 5.60 Å². The van der Waals surface area contributed by atoms with Crippen LogP contribution in [0.3, 0.4) is 0 Å². The minimum absolute atomic E-state index is 0.00746. The van der Waals surface area contributed by atoms with Gasteiger partial charge in [-0.15, -0.1) is 0 Å². The molecule has 32 heavy (non-hydrogen) atoms. The molecule has 0 saturated carbocycles. The van der Waals surface area contributed by atoms with Crippen molar-refractivity contribution in [2.75, 3.05) is 119 Å². The molecule has 0 atom stereocenters. The van der Waals surface area contributed by atoms with Gasteiger partial charge in [-0.1, -0.05) is 13.3 Å². The van der Waals surface area contributed by atoms with E-state index in [9.17, 15) is 0 Å². The summed E-state index contributed by atoms with van der Waals surface area (Å²) in [5.74, 6) is 0. The van der Waals surface area contributed by atoms with Crippen molar-refractivity contribution in [3.05, 3.63) is 0 Å². The number of aliphatic hydroxyl groups is 1. The van der Waals surface area contributed by atoms with Gasteiger partial charge in [-0.25, -0.2) is 0 Å². The lowest BCUT2D eigenvalue weighted by Gasteiger charge is -2.33. The Balaban J connectivity index is 2.53. The first-order valence-corrected chi connectivity index (χ1v) is 11.7. The van der Waals surface area contributed by atoms with Crippen molar-refractivity contribution in [2.24, 2.45) is 0 Å². The van der Waals surface area contributed by atoms with Crippen LogP contribution in [0.25, 0.3) is 0 Å². The summed E-state index contributed by atoms with van der Waals surface area (Å²) in [4.78, 5) is 0. The Morgan fingerprint density at radius 3 is 1.66 bits per heavy atom. The fourth-order valence-corrected chi connectivity index (χ4v) is 2.75. The number of ether oxygens (including phenoxy) is 9. The fourth-order valence-electron chi connectivity index (χ4n) is 2.75. The van der Waals surface area contributed by atoms with Crippen molar-refractivity contribution in [3.63, 3.8) is 0 Å². The van der Waals surface area contributed by atoms with Gasteiger partial charge in [0.1, 0.15) is 5.60 Å². The molecule has 0 amide bonds. The van der Waals surface area contributed by atoms with E-state index in [1.165, 1.54) is 0 Å². The van der Waals surface area contributed by atoms with E-state index in [1.54, 1.807) is 0 Å². The van der Waals surface area contributed by atoms with E-state index in [0.717, 1.165) is 12.8 Å². The minimum atomic E-state index is -0.745. The molecular weight excluding hydrogens is 424 g/mol. The molecule has 0 aromatic carbocycles. The molecule has 0 bridgehead atoms. The van der Waals surface area contributed by atoms with Gasteiger partial charge in [0.05, 0.1) is 112 Å². The number of hydrogen-bond donors (Lipinski definition) is 1. The van der Waals surface area contributed by atoms with Crippen LogP contribution in [-0.2, 0) is 42.6 Å². The van der Waals surface area contributed by atoms with Gasteiger partial charge in [-0.05, 0) is 6.42 Å². The van der Waals surface area contributed by atoms with Gasteiger partial charge < -0.3 is 47.7 Å². The van der Waals surface area contributed by atoms with Gasteiger partial charge in [-0.2, -0.15) is 0 Å². The van der Waals surface area contributed by atoms with E-state index in [-0.39, 0.29) is 6.61 Å². The van der Waals surface area contributed by atoms with Crippen molar-refractivity contribution in [2.45, 2.75) is 25.4 Å². The third-order valence-corrected chi connectivity index (χ3v) is 4.47. The molecule has 1 aliphatic rings. The third kappa shape index (κ3) is 17.1. The maximum Gasteiger partial charge on any atom is 0.138 e. The van der Waals surface area contributed by atoms with Gasteiger partial charge in [0.2, 0.25) is 0 Å². The Morgan fingerprint density at radius 2 is 1.12 bits per heavy atom. The van der Waals surface area contributed by atoms with Crippen molar-refractivity contribution >= 4 is 0 Å². The number of rotatable bonds is 14. The summed E-state index contributed by atoms with van der Waals surface area (Å²) in [7, 11) is 0. The Morgan fingerprint density at radius 1 is 0.625 bits per heavy atom. The third-order valence-electron chi connectivity index (χ3n) is 4.47. The molecule has 10 heteroatoms. The summed E-state index contributed by atoms with van der Waals surface area (Å²) in [6.45, 7) is 9.71. The largest absolute Gasteiger partial charge is 0.394 e. The van der Waals surface area contributed by atoms with Crippen LogP contribution in [0.4, 0.5) is 0 Å². The first kappa shape index (κ1) is 29.6. The molecule has 0 radical (unpaired) electrons. The molecule has 1 saturated heterocycles. The van der Waals surface area contributed by atoms with Crippen LogP contribution in [0.5, 0.6) is 0 Å². The molecule has 10 nitrogen and oxygen atoms in total. The number of unbranched alkanes of at least 4 members (excludes halogenated alkanes) is 1. The normalized spacial score (nSPS) is 19.7. The molecule has 1 N–H and O–H groups in total. The summed E-state index contributed by atoms with van der Waals surface area (Å²) in [6, 6.07) is 0. The lowest BCUT2D eigenvalue weighted by molar-refractivity contribution is -0.177. The Kier molecular flexibility index (Phi) is 20.7. The predicted molar refractivity (Wildman–Crippen MR) is 117 cm³/mol. The van der Waals surface area contributed by atoms with Gasteiger partial charge in [0.15, 0.2) is 0 Å².